The van der Waals surface area contributed by atoms with Crippen molar-refractivity contribution in [1.29, 1.82) is 0 Å². The third kappa shape index (κ3) is 3.78. The molecule has 0 unspecified atom stereocenters. The van der Waals surface area contributed by atoms with Gasteiger partial charge in [0.05, 0.1) is 0 Å². The second kappa shape index (κ2) is 7.54. The number of rotatable bonds is 5. The molecular weight excluding hydrogens is 328 g/mol. The topological polar surface area (TPSA) is 54.6 Å². The first-order valence-electron chi connectivity index (χ1n) is 9.47. The average Bonchev–Trinajstić information content (AvgIpc) is 3.13. The minimum absolute atomic E-state index is 0.0484. The lowest BCUT2D eigenvalue weighted by atomic mass is 9.90. The fourth-order valence-electron chi connectivity index (χ4n) is 3.95. The van der Waals surface area contributed by atoms with Crippen molar-refractivity contribution in [2.45, 2.75) is 39.2 Å². The molecule has 2 aromatic rings. The third-order valence-corrected chi connectivity index (χ3v) is 5.54. The Morgan fingerprint density at radius 1 is 1.12 bits per heavy atom. The normalized spacial score (nSPS) is 17.6. The Balaban J connectivity index is 1.28. The van der Waals surface area contributed by atoms with Gasteiger partial charge < -0.3 is 14.5 Å². The average molecular weight is 354 g/mol. The number of aromatic amines is 1. The molecule has 1 aromatic heterocycles. The summed E-state index contributed by atoms with van der Waals surface area (Å²) in [6, 6.07) is 10.1. The summed E-state index contributed by atoms with van der Waals surface area (Å²) in [4.78, 5) is 17.3. The van der Waals surface area contributed by atoms with Crippen LogP contribution in [0.15, 0.2) is 35.1 Å². The zero-order valence-corrected chi connectivity index (χ0v) is 15.3. The lowest BCUT2D eigenvalue weighted by Crippen LogP contribution is -2.35. The second-order valence-corrected chi connectivity index (χ2v) is 7.40. The zero-order valence-electron chi connectivity index (χ0n) is 15.3. The van der Waals surface area contributed by atoms with E-state index in [1.54, 1.807) is 0 Å². The van der Waals surface area contributed by atoms with Gasteiger partial charge >= 0.3 is 0 Å². The largest absolute Gasteiger partial charge is 0.454 e. The number of hydrogen-bond donors (Lipinski definition) is 1. The summed E-state index contributed by atoms with van der Waals surface area (Å²) < 4.78 is 11.1. The molecule has 2 aliphatic rings. The molecule has 26 heavy (non-hydrogen) atoms. The summed E-state index contributed by atoms with van der Waals surface area (Å²) >= 11 is 0. The molecule has 138 valence electrons. The number of aryl methyl sites for hydroxylation is 2. The Kier molecular flexibility index (Phi) is 4.98. The number of para-hydroxylation sites is 1. The predicted molar refractivity (Wildman–Crippen MR) is 101 cm³/mol. The SMILES string of the molecule is Cc1ccc(CN2CCC(CCc3cccc4c3OCO4)CC2)c(=O)[nH]1. The molecule has 1 fully saturated rings. The molecule has 0 saturated carbocycles. The second-order valence-electron chi connectivity index (χ2n) is 7.40. The molecule has 2 aliphatic heterocycles. The Hall–Kier alpha value is -2.27. The van der Waals surface area contributed by atoms with Gasteiger partial charge in [0.1, 0.15) is 0 Å². The molecule has 1 aromatic carbocycles. The Bertz CT molecular complexity index is 822. The summed E-state index contributed by atoms with van der Waals surface area (Å²) in [6.07, 6.45) is 4.60. The van der Waals surface area contributed by atoms with E-state index < -0.39 is 0 Å². The van der Waals surface area contributed by atoms with Crippen molar-refractivity contribution in [3.05, 3.63) is 57.5 Å². The molecule has 0 radical (unpaired) electrons. The molecule has 0 spiro atoms. The Morgan fingerprint density at radius 2 is 1.96 bits per heavy atom. The summed E-state index contributed by atoms with van der Waals surface area (Å²) in [5.74, 6) is 2.55. The van der Waals surface area contributed by atoms with Crippen LogP contribution in [0.5, 0.6) is 11.5 Å². The van der Waals surface area contributed by atoms with Crippen molar-refractivity contribution >= 4 is 0 Å². The molecule has 1 saturated heterocycles. The highest BCUT2D eigenvalue weighted by Gasteiger charge is 2.22. The summed E-state index contributed by atoms with van der Waals surface area (Å²) in [5.41, 5.74) is 3.09. The summed E-state index contributed by atoms with van der Waals surface area (Å²) in [7, 11) is 0. The van der Waals surface area contributed by atoms with Gasteiger partial charge in [0, 0.05) is 17.8 Å². The first-order valence-corrected chi connectivity index (χ1v) is 9.47. The number of aromatic nitrogens is 1. The van der Waals surface area contributed by atoms with Gasteiger partial charge in [-0.3, -0.25) is 9.69 Å². The van der Waals surface area contributed by atoms with Gasteiger partial charge in [-0.1, -0.05) is 18.2 Å². The van der Waals surface area contributed by atoms with Crippen molar-refractivity contribution in [2.24, 2.45) is 5.92 Å². The number of ether oxygens (including phenoxy) is 2. The summed E-state index contributed by atoms with van der Waals surface area (Å²) in [5, 5.41) is 0. The van der Waals surface area contributed by atoms with E-state index in [9.17, 15) is 4.79 Å². The number of pyridine rings is 1. The number of fused-ring (bicyclic) bond motifs is 1. The zero-order chi connectivity index (χ0) is 17.9. The van der Waals surface area contributed by atoms with E-state index in [1.165, 1.54) is 24.8 Å². The van der Waals surface area contributed by atoms with Crippen LogP contribution in [-0.2, 0) is 13.0 Å². The van der Waals surface area contributed by atoms with E-state index in [4.69, 9.17) is 9.47 Å². The smallest absolute Gasteiger partial charge is 0.252 e. The van der Waals surface area contributed by atoms with E-state index in [-0.39, 0.29) is 5.56 Å². The van der Waals surface area contributed by atoms with E-state index in [2.05, 4.69) is 16.0 Å². The monoisotopic (exact) mass is 354 g/mol. The van der Waals surface area contributed by atoms with Crippen LogP contribution in [0.3, 0.4) is 0 Å². The molecule has 0 bridgehead atoms. The van der Waals surface area contributed by atoms with Crippen molar-refractivity contribution in [3.8, 4) is 11.5 Å². The maximum atomic E-state index is 12.0. The van der Waals surface area contributed by atoms with Gasteiger partial charge in [-0.05, 0) is 69.3 Å². The number of nitrogens with zero attached hydrogens (tertiary/aromatic N) is 1. The molecular formula is C21H26N2O3. The maximum Gasteiger partial charge on any atom is 0.252 e. The highest BCUT2D eigenvalue weighted by Crippen LogP contribution is 2.36. The van der Waals surface area contributed by atoms with Gasteiger partial charge in [-0.25, -0.2) is 0 Å². The number of benzene rings is 1. The van der Waals surface area contributed by atoms with Crippen LogP contribution < -0.4 is 15.0 Å². The number of hydrogen-bond acceptors (Lipinski definition) is 4. The number of H-pyrrole nitrogens is 1. The van der Waals surface area contributed by atoms with Crippen LogP contribution in [0, 0.1) is 12.8 Å². The minimum Gasteiger partial charge on any atom is -0.454 e. The van der Waals surface area contributed by atoms with Gasteiger partial charge in [0.2, 0.25) is 6.79 Å². The fraction of sp³-hybridized carbons (Fsp3) is 0.476. The van der Waals surface area contributed by atoms with Gasteiger partial charge in [-0.15, -0.1) is 0 Å². The molecule has 4 rings (SSSR count). The summed E-state index contributed by atoms with van der Waals surface area (Å²) in [6.45, 7) is 5.12. The van der Waals surface area contributed by atoms with Crippen LogP contribution in [-0.4, -0.2) is 29.8 Å². The third-order valence-electron chi connectivity index (χ3n) is 5.54. The van der Waals surface area contributed by atoms with Crippen LogP contribution >= 0.6 is 0 Å². The van der Waals surface area contributed by atoms with Crippen molar-refractivity contribution < 1.29 is 9.47 Å². The molecule has 5 heteroatoms. The van der Waals surface area contributed by atoms with E-state index in [0.29, 0.717) is 6.79 Å². The first-order chi connectivity index (χ1) is 12.7. The van der Waals surface area contributed by atoms with Crippen LogP contribution in [0.1, 0.15) is 36.1 Å². The van der Waals surface area contributed by atoms with E-state index in [1.807, 2.05) is 31.2 Å². The van der Waals surface area contributed by atoms with Crippen LogP contribution in [0.2, 0.25) is 0 Å². The number of likely N-dealkylation sites (tertiary alicyclic amines) is 1. The molecule has 1 N–H and O–H groups in total. The molecule has 0 amide bonds. The molecule has 3 heterocycles. The molecule has 5 nitrogen and oxygen atoms in total. The fourth-order valence-corrected chi connectivity index (χ4v) is 3.95. The van der Waals surface area contributed by atoms with Gasteiger partial charge in [-0.2, -0.15) is 0 Å². The van der Waals surface area contributed by atoms with Gasteiger partial charge in [0.25, 0.3) is 5.56 Å². The Morgan fingerprint density at radius 3 is 2.77 bits per heavy atom. The van der Waals surface area contributed by atoms with Crippen LogP contribution in [0.4, 0.5) is 0 Å². The van der Waals surface area contributed by atoms with Gasteiger partial charge in [0.15, 0.2) is 11.5 Å². The molecule has 0 aliphatic carbocycles. The number of piperidine rings is 1. The van der Waals surface area contributed by atoms with Crippen molar-refractivity contribution in [3.63, 3.8) is 0 Å². The van der Waals surface area contributed by atoms with Crippen molar-refractivity contribution in [2.75, 3.05) is 19.9 Å². The number of nitrogens with one attached hydrogen (secondary N) is 1. The highest BCUT2D eigenvalue weighted by molar-refractivity contribution is 5.48. The van der Waals surface area contributed by atoms with E-state index in [0.717, 1.165) is 54.7 Å². The van der Waals surface area contributed by atoms with E-state index >= 15 is 0 Å². The van der Waals surface area contributed by atoms with Crippen molar-refractivity contribution in [1.82, 2.24) is 9.88 Å². The minimum atomic E-state index is 0.0484. The highest BCUT2D eigenvalue weighted by atomic mass is 16.7. The standard InChI is InChI=1S/C21H26N2O3/c1-15-5-7-18(21(24)22-15)13-23-11-9-16(10-12-23)6-8-17-3-2-4-19-20(17)26-14-25-19/h2-5,7,16H,6,8-14H2,1H3,(H,22,24). The lowest BCUT2D eigenvalue weighted by Gasteiger charge is -2.31. The lowest BCUT2D eigenvalue weighted by molar-refractivity contribution is 0.169. The predicted octanol–water partition coefficient (Wildman–Crippen LogP) is 3.26. The molecule has 0 atom stereocenters. The Labute approximate surface area is 153 Å². The first kappa shape index (κ1) is 17.2. The quantitative estimate of drug-likeness (QED) is 0.895. The maximum absolute atomic E-state index is 12.0. The van der Waals surface area contributed by atoms with Crippen LogP contribution in [0.25, 0.3) is 0 Å².